The number of carboxylic acids is 1. The van der Waals surface area contributed by atoms with E-state index < -0.39 is 29.3 Å². The number of rotatable bonds is 13. The number of nitrogens with zero attached hydrogens (tertiary/aromatic N) is 5. The van der Waals surface area contributed by atoms with E-state index in [0.29, 0.717) is 71.2 Å². The Morgan fingerprint density at radius 3 is 2.81 bits per heavy atom. The lowest BCUT2D eigenvalue weighted by Crippen LogP contribution is -2.43. The maximum absolute atomic E-state index is 16.9. The molecule has 2 aliphatic heterocycles. The maximum atomic E-state index is 16.9. The number of alkyl halides is 1. The van der Waals surface area contributed by atoms with Gasteiger partial charge in [0.25, 0.3) is 0 Å². The quantitative estimate of drug-likeness (QED) is 0.175. The molecule has 4 heterocycles. The lowest BCUT2D eigenvalue weighted by atomic mass is 9.94. The number of halogens is 3. The highest BCUT2D eigenvalue weighted by Crippen LogP contribution is 2.42. The highest BCUT2D eigenvalue weighted by Gasteiger charge is 2.49. The van der Waals surface area contributed by atoms with Crippen molar-refractivity contribution in [2.24, 2.45) is 0 Å². The number of aryl methyl sites for hydroxylation is 1. The van der Waals surface area contributed by atoms with E-state index in [4.69, 9.17) is 19.3 Å². The molecule has 0 unspecified atom stereocenters. The fourth-order valence-electron chi connectivity index (χ4n) is 7.02. The van der Waals surface area contributed by atoms with Crippen molar-refractivity contribution >= 4 is 33.5 Å². The first-order valence-corrected chi connectivity index (χ1v) is 15.8. The summed E-state index contributed by atoms with van der Waals surface area (Å²) in [5, 5.41) is 10.6. The number of aliphatic carboxylic acids is 1. The predicted molar refractivity (Wildman–Crippen MR) is 171 cm³/mol. The van der Waals surface area contributed by atoms with Crippen molar-refractivity contribution in [3.8, 4) is 23.0 Å². The van der Waals surface area contributed by atoms with Gasteiger partial charge in [0.15, 0.2) is 12.6 Å². The normalized spacial score (nSPS) is 19.4. The van der Waals surface area contributed by atoms with Crippen molar-refractivity contribution in [3.05, 3.63) is 47.7 Å². The zero-order valence-electron chi connectivity index (χ0n) is 26.7. The van der Waals surface area contributed by atoms with E-state index in [1.807, 2.05) is 6.92 Å². The summed E-state index contributed by atoms with van der Waals surface area (Å²) in [4.78, 5) is 28.6. The molecule has 1 N–H and O–H groups in total. The van der Waals surface area contributed by atoms with Crippen molar-refractivity contribution in [2.75, 3.05) is 52.1 Å². The molecular weight excluding hydrogens is 615 g/mol. The van der Waals surface area contributed by atoms with Gasteiger partial charge in [-0.25, -0.2) is 13.2 Å². The minimum atomic E-state index is -0.949. The number of carbonyl (C=O) groups is 1. The van der Waals surface area contributed by atoms with Gasteiger partial charge in [0.2, 0.25) is 0 Å². The topological polar surface area (TPSA) is 110 Å². The fraction of sp³-hybridized carbons (Fsp3) is 0.471. The van der Waals surface area contributed by atoms with Crippen LogP contribution in [0.25, 0.3) is 32.9 Å². The van der Waals surface area contributed by atoms with E-state index in [9.17, 15) is 9.18 Å². The molecule has 0 bridgehead atoms. The number of methoxy groups -OCH3 is 1. The van der Waals surface area contributed by atoms with Crippen molar-refractivity contribution < 1.29 is 37.3 Å². The van der Waals surface area contributed by atoms with Gasteiger partial charge in [0, 0.05) is 51.8 Å². The number of pyridine rings is 1. The molecule has 2 atom stereocenters. The maximum Gasteiger partial charge on any atom is 0.319 e. The summed E-state index contributed by atoms with van der Waals surface area (Å²) in [6.45, 7) is 3.36. The van der Waals surface area contributed by atoms with E-state index in [-0.39, 0.29) is 37.0 Å². The first kappa shape index (κ1) is 32.7. The summed E-state index contributed by atoms with van der Waals surface area (Å²) < 4.78 is 63.3. The van der Waals surface area contributed by atoms with Gasteiger partial charge in [0.1, 0.15) is 41.4 Å². The number of carboxylic acid groups (broad SMARTS) is 1. The van der Waals surface area contributed by atoms with E-state index in [2.05, 4.69) is 19.9 Å². The molecule has 0 amide bonds. The van der Waals surface area contributed by atoms with Crippen LogP contribution in [-0.4, -0.2) is 89.8 Å². The highest BCUT2D eigenvalue weighted by atomic mass is 19.1. The molecule has 0 radical (unpaired) electrons. The molecule has 2 aliphatic rings. The molecule has 0 saturated carbocycles. The summed E-state index contributed by atoms with van der Waals surface area (Å²) in [5.74, 6) is -1.41. The first-order chi connectivity index (χ1) is 22.6. The van der Waals surface area contributed by atoms with Crippen LogP contribution in [0.2, 0.25) is 0 Å². The molecule has 2 aromatic carbocycles. The Kier molecular flexibility index (Phi) is 9.38. The molecule has 0 aliphatic carbocycles. The molecule has 10 nitrogen and oxygen atoms in total. The lowest BCUT2D eigenvalue weighted by Gasteiger charge is -2.31. The number of hydrogen-bond donors (Lipinski definition) is 1. The Hall–Kier alpha value is -4.23. The number of benzene rings is 2. The van der Waals surface area contributed by atoms with Crippen LogP contribution in [0.4, 0.5) is 19.0 Å². The van der Waals surface area contributed by atoms with Gasteiger partial charge in [-0.05, 0) is 66.8 Å². The average Bonchev–Trinajstić information content (AvgIpc) is 3.58. The molecule has 250 valence electrons. The SMILES string of the molecule is CCc1c(F)ccc2cc(OCOC)cc(-c3ncc4c(N(C)CCCC(=O)O)nc(OC[C@@]56CCCN5C[C@H](F)C6)nc4c3F)c12. The van der Waals surface area contributed by atoms with Crippen LogP contribution < -0.4 is 14.4 Å². The second-order valence-corrected chi connectivity index (χ2v) is 12.3. The van der Waals surface area contributed by atoms with Crippen LogP contribution in [0.5, 0.6) is 11.8 Å². The van der Waals surface area contributed by atoms with Gasteiger partial charge in [-0.1, -0.05) is 13.0 Å². The third-order valence-electron chi connectivity index (χ3n) is 9.21. The Balaban J connectivity index is 1.48. The lowest BCUT2D eigenvalue weighted by molar-refractivity contribution is -0.137. The second-order valence-electron chi connectivity index (χ2n) is 12.3. The molecule has 13 heteroatoms. The largest absolute Gasteiger partial charge is 0.481 e. The molecule has 0 spiro atoms. The summed E-state index contributed by atoms with van der Waals surface area (Å²) >= 11 is 0. The van der Waals surface area contributed by atoms with Gasteiger partial charge in [-0.3, -0.25) is 14.7 Å². The van der Waals surface area contributed by atoms with Gasteiger partial charge in [-0.2, -0.15) is 9.97 Å². The Morgan fingerprint density at radius 2 is 2.04 bits per heavy atom. The minimum Gasteiger partial charge on any atom is -0.481 e. The van der Waals surface area contributed by atoms with Crippen LogP contribution in [0, 0.1) is 11.6 Å². The predicted octanol–water partition coefficient (Wildman–Crippen LogP) is 5.92. The van der Waals surface area contributed by atoms with E-state index in [1.54, 1.807) is 30.1 Å². The van der Waals surface area contributed by atoms with E-state index in [1.165, 1.54) is 19.4 Å². The zero-order chi connectivity index (χ0) is 33.3. The van der Waals surface area contributed by atoms with Gasteiger partial charge >= 0.3 is 12.0 Å². The average molecular weight is 654 g/mol. The van der Waals surface area contributed by atoms with Crippen LogP contribution in [0.15, 0.2) is 30.5 Å². The summed E-state index contributed by atoms with van der Waals surface area (Å²) in [5.41, 5.74) is 0.121. The van der Waals surface area contributed by atoms with Crippen molar-refractivity contribution in [2.45, 2.75) is 57.2 Å². The highest BCUT2D eigenvalue weighted by molar-refractivity contribution is 6.01. The molecule has 2 aromatic heterocycles. The minimum absolute atomic E-state index is 0.0476. The summed E-state index contributed by atoms with van der Waals surface area (Å²) in [6, 6.07) is 6.25. The third-order valence-corrected chi connectivity index (χ3v) is 9.21. The smallest absolute Gasteiger partial charge is 0.319 e. The monoisotopic (exact) mass is 653 g/mol. The first-order valence-electron chi connectivity index (χ1n) is 15.8. The Labute approximate surface area is 270 Å². The van der Waals surface area contributed by atoms with Crippen LogP contribution in [-0.2, 0) is 16.0 Å². The van der Waals surface area contributed by atoms with Gasteiger partial charge in [0.05, 0.1) is 10.9 Å². The Morgan fingerprint density at radius 1 is 1.21 bits per heavy atom. The van der Waals surface area contributed by atoms with Crippen molar-refractivity contribution in [1.82, 2.24) is 19.9 Å². The number of aromatic nitrogens is 3. The van der Waals surface area contributed by atoms with E-state index >= 15 is 8.78 Å². The zero-order valence-corrected chi connectivity index (χ0v) is 26.7. The Bertz CT molecular complexity index is 1810. The second kappa shape index (κ2) is 13.5. The third kappa shape index (κ3) is 6.38. The molecule has 47 heavy (non-hydrogen) atoms. The number of hydrogen-bond acceptors (Lipinski definition) is 9. The van der Waals surface area contributed by atoms with Crippen molar-refractivity contribution in [3.63, 3.8) is 0 Å². The summed E-state index contributed by atoms with van der Waals surface area (Å²) in [7, 11) is 3.21. The fourth-order valence-corrected chi connectivity index (χ4v) is 7.02. The van der Waals surface area contributed by atoms with Crippen molar-refractivity contribution in [1.29, 1.82) is 0 Å². The number of fused-ring (bicyclic) bond motifs is 3. The summed E-state index contributed by atoms with van der Waals surface area (Å²) in [6.07, 6.45) is 3.18. The number of anilines is 1. The molecule has 2 saturated heterocycles. The van der Waals surface area contributed by atoms with Crippen LogP contribution in [0.3, 0.4) is 0 Å². The van der Waals surface area contributed by atoms with Gasteiger partial charge < -0.3 is 24.2 Å². The molecule has 2 fully saturated rings. The standard InChI is InChI=1S/C34H38F3N5O5/c1-4-23-26(36)9-8-20-13-22(47-19-45-3)14-24(28(20)23)30-29(37)31-25(16-38-30)32(41(2)11-5-7-27(43)44)40-33(39-31)46-18-34-10-6-12-42(34)17-21(35)15-34/h8-9,13-14,16,21H,4-7,10-12,15,17-19H2,1-3H3,(H,43,44)/t21-,34+/m1/s1. The molecule has 4 aromatic rings. The van der Waals surface area contributed by atoms with E-state index in [0.717, 1.165) is 19.4 Å². The van der Waals surface area contributed by atoms with Crippen LogP contribution >= 0.6 is 0 Å². The molecular formula is C34H38F3N5O5. The van der Waals surface area contributed by atoms with Crippen LogP contribution in [0.1, 0.15) is 44.6 Å². The molecule has 6 rings (SSSR count). The van der Waals surface area contributed by atoms with Gasteiger partial charge in [-0.15, -0.1) is 0 Å². The number of ether oxygens (including phenoxy) is 3.